The smallest absolute Gasteiger partial charge is 0.416 e. The largest absolute Gasteiger partial charge is 0.444 e. The minimum Gasteiger partial charge on any atom is -0.444 e. The molecule has 7 nitrogen and oxygen atoms in total. The van der Waals surface area contributed by atoms with Crippen molar-refractivity contribution in [3.05, 3.63) is 33.9 Å². The molecule has 0 spiro atoms. The summed E-state index contributed by atoms with van der Waals surface area (Å²) in [4.78, 5) is 21.9. The van der Waals surface area contributed by atoms with E-state index in [-0.39, 0.29) is 12.2 Å². The highest BCUT2D eigenvalue weighted by Crippen LogP contribution is 2.36. The lowest BCUT2D eigenvalue weighted by molar-refractivity contribution is -0.384. The summed E-state index contributed by atoms with van der Waals surface area (Å²) in [5, 5.41) is 16.6. The Bertz CT molecular complexity index is 698. The van der Waals surface area contributed by atoms with Crippen LogP contribution in [0.3, 0.4) is 0 Å². The van der Waals surface area contributed by atoms with Crippen LogP contribution in [0.25, 0.3) is 0 Å². The Hall–Kier alpha value is -2.52. The lowest BCUT2D eigenvalue weighted by Crippen LogP contribution is -2.38. The van der Waals surface area contributed by atoms with Gasteiger partial charge in [0.15, 0.2) is 0 Å². The first kappa shape index (κ1) is 22.5. The molecule has 1 aromatic carbocycles. The number of anilines is 1. The second-order valence-corrected chi connectivity index (χ2v) is 7.67. The van der Waals surface area contributed by atoms with E-state index in [1.807, 2.05) is 0 Å². The highest BCUT2D eigenvalue weighted by Gasteiger charge is 2.33. The molecule has 0 saturated carbocycles. The van der Waals surface area contributed by atoms with Crippen molar-refractivity contribution in [3.63, 3.8) is 0 Å². The molecule has 0 saturated heterocycles. The number of rotatable bonds is 6. The second kappa shape index (κ2) is 8.01. The van der Waals surface area contributed by atoms with Gasteiger partial charge >= 0.3 is 12.3 Å². The topological polar surface area (TPSA) is 93.5 Å². The van der Waals surface area contributed by atoms with Gasteiger partial charge in [-0.2, -0.15) is 13.2 Å². The van der Waals surface area contributed by atoms with Gasteiger partial charge in [0.05, 0.1) is 10.5 Å². The molecule has 1 amide bonds. The number of amides is 1. The summed E-state index contributed by atoms with van der Waals surface area (Å²) in [7, 11) is 0. The summed E-state index contributed by atoms with van der Waals surface area (Å²) < 4.78 is 43.4. The van der Waals surface area contributed by atoms with Crippen LogP contribution in [0.4, 0.5) is 29.3 Å². The molecule has 0 aliphatic carbocycles. The first-order valence-corrected chi connectivity index (χ1v) is 8.21. The van der Waals surface area contributed by atoms with Crippen LogP contribution >= 0.6 is 0 Å². The lowest BCUT2D eigenvalue weighted by atomic mass is 9.99. The Morgan fingerprint density at radius 3 is 2.26 bits per heavy atom. The van der Waals surface area contributed by atoms with Gasteiger partial charge in [-0.1, -0.05) is 0 Å². The summed E-state index contributed by atoms with van der Waals surface area (Å²) in [5.74, 6) is 0. The van der Waals surface area contributed by atoms with Gasteiger partial charge in [-0.3, -0.25) is 10.1 Å². The number of benzene rings is 1. The van der Waals surface area contributed by atoms with E-state index >= 15 is 0 Å². The number of nitrogens with zero attached hydrogens (tertiary/aromatic N) is 1. The average Bonchev–Trinajstić information content (AvgIpc) is 2.43. The molecule has 0 radical (unpaired) electrons. The summed E-state index contributed by atoms with van der Waals surface area (Å²) in [6.45, 7) is 8.81. The molecule has 27 heavy (non-hydrogen) atoms. The molecule has 0 unspecified atom stereocenters. The molecule has 0 bridgehead atoms. The number of nitrogens with one attached hydrogen (secondary N) is 2. The number of ether oxygens (including phenoxy) is 1. The lowest BCUT2D eigenvalue weighted by Gasteiger charge is -2.28. The Morgan fingerprint density at radius 1 is 1.19 bits per heavy atom. The molecule has 0 atom stereocenters. The molecular weight excluding hydrogens is 367 g/mol. The van der Waals surface area contributed by atoms with Crippen molar-refractivity contribution in [1.29, 1.82) is 0 Å². The van der Waals surface area contributed by atoms with E-state index in [0.29, 0.717) is 12.5 Å². The van der Waals surface area contributed by atoms with Gasteiger partial charge in [-0.05, 0) is 53.2 Å². The van der Waals surface area contributed by atoms with Gasteiger partial charge in [0.25, 0.3) is 5.69 Å². The normalized spacial score (nSPS) is 12.4. The van der Waals surface area contributed by atoms with Crippen molar-refractivity contribution in [2.45, 2.75) is 58.4 Å². The van der Waals surface area contributed by atoms with Gasteiger partial charge < -0.3 is 15.4 Å². The third-order valence-electron chi connectivity index (χ3n) is 3.41. The van der Waals surface area contributed by atoms with Crippen molar-refractivity contribution >= 4 is 17.5 Å². The Balaban J connectivity index is 2.81. The summed E-state index contributed by atoms with van der Waals surface area (Å²) in [5.41, 5.74) is -3.17. The highest BCUT2D eigenvalue weighted by atomic mass is 19.4. The summed E-state index contributed by atoms with van der Waals surface area (Å²) in [6.07, 6.45) is -4.92. The zero-order valence-electron chi connectivity index (χ0n) is 15.9. The Labute approximate surface area is 155 Å². The first-order chi connectivity index (χ1) is 12.1. The number of alkyl carbamates (subject to hydrolysis) is 1. The van der Waals surface area contributed by atoms with E-state index in [0.717, 1.165) is 12.1 Å². The van der Waals surface area contributed by atoms with E-state index in [1.54, 1.807) is 34.6 Å². The van der Waals surface area contributed by atoms with Crippen LogP contribution in [0.2, 0.25) is 0 Å². The molecule has 0 aromatic heterocycles. The molecule has 2 N–H and O–H groups in total. The van der Waals surface area contributed by atoms with Crippen LogP contribution in [0, 0.1) is 10.1 Å². The van der Waals surface area contributed by atoms with Crippen LogP contribution < -0.4 is 10.6 Å². The molecule has 0 aliphatic rings. The number of nitro benzene ring substituents is 1. The quantitative estimate of drug-likeness (QED) is 0.541. The molecule has 1 rings (SSSR count). The van der Waals surface area contributed by atoms with Crippen LogP contribution in [-0.2, 0) is 10.9 Å². The predicted molar refractivity (Wildman–Crippen MR) is 94.7 cm³/mol. The number of hydrogen-bond acceptors (Lipinski definition) is 5. The number of carbonyl (C=O) groups is 1. The van der Waals surface area contributed by atoms with Crippen molar-refractivity contribution in [2.75, 3.05) is 11.9 Å². The van der Waals surface area contributed by atoms with Crippen LogP contribution in [0.5, 0.6) is 0 Å². The zero-order valence-corrected chi connectivity index (χ0v) is 15.9. The van der Waals surface area contributed by atoms with Crippen LogP contribution in [0.1, 0.15) is 46.6 Å². The van der Waals surface area contributed by atoms with E-state index in [4.69, 9.17) is 4.74 Å². The third-order valence-corrected chi connectivity index (χ3v) is 3.41. The maximum atomic E-state index is 12.8. The van der Waals surface area contributed by atoms with Gasteiger partial charge in [0.1, 0.15) is 11.3 Å². The molecular formula is C17H24F3N3O4. The SMILES string of the molecule is CC(C)(CCNC(=O)OC(C)(C)C)Nc1ccc(C(F)(F)F)cc1[N+](=O)[O-]. The zero-order chi connectivity index (χ0) is 21.0. The molecule has 10 heteroatoms. The van der Waals surface area contributed by atoms with Crippen molar-refractivity contribution in [1.82, 2.24) is 5.32 Å². The van der Waals surface area contributed by atoms with E-state index in [9.17, 15) is 28.1 Å². The summed E-state index contributed by atoms with van der Waals surface area (Å²) in [6, 6.07) is 2.31. The second-order valence-electron chi connectivity index (χ2n) is 7.67. The fourth-order valence-electron chi connectivity index (χ4n) is 2.18. The number of carbonyl (C=O) groups excluding carboxylic acids is 1. The minimum absolute atomic E-state index is 0.0322. The standard InChI is InChI=1S/C17H24F3N3O4/c1-15(2,3)27-14(24)21-9-8-16(4,5)22-12-7-6-11(17(18,19)20)10-13(12)23(25)26/h6-7,10,22H,8-9H2,1-5H3,(H,21,24). The number of hydrogen-bond donors (Lipinski definition) is 2. The fraction of sp³-hybridized carbons (Fsp3) is 0.588. The van der Waals surface area contributed by atoms with E-state index < -0.39 is 39.6 Å². The molecule has 0 heterocycles. The maximum absolute atomic E-state index is 12.8. The number of nitro groups is 1. The molecule has 152 valence electrons. The van der Waals surface area contributed by atoms with Crippen molar-refractivity contribution < 1.29 is 27.6 Å². The van der Waals surface area contributed by atoms with Crippen LogP contribution in [0.15, 0.2) is 18.2 Å². The van der Waals surface area contributed by atoms with E-state index in [1.165, 1.54) is 0 Å². The highest BCUT2D eigenvalue weighted by molar-refractivity contribution is 5.67. The molecule has 0 fully saturated rings. The molecule has 0 aliphatic heterocycles. The Morgan fingerprint density at radius 2 is 1.78 bits per heavy atom. The number of halogens is 3. The Kier molecular flexibility index (Phi) is 6.68. The van der Waals surface area contributed by atoms with E-state index in [2.05, 4.69) is 10.6 Å². The maximum Gasteiger partial charge on any atom is 0.416 e. The minimum atomic E-state index is -4.67. The first-order valence-electron chi connectivity index (χ1n) is 8.21. The van der Waals surface area contributed by atoms with Gasteiger partial charge in [0.2, 0.25) is 0 Å². The number of alkyl halides is 3. The third kappa shape index (κ3) is 7.71. The van der Waals surface area contributed by atoms with Crippen molar-refractivity contribution in [3.8, 4) is 0 Å². The fourth-order valence-corrected chi connectivity index (χ4v) is 2.18. The monoisotopic (exact) mass is 391 g/mol. The predicted octanol–water partition coefficient (Wildman–Crippen LogP) is 4.72. The van der Waals surface area contributed by atoms with Gasteiger partial charge in [-0.25, -0.2) is 4.79 Å². The average molecular weight is 391 g/mol. The van der Waals surface area contributed by atoms with Crippen LogP contribution in [-0.4, -0.2) is 28.7 Å². The summed E-state index contributed by atoms with van der Waals surface area (Å²) >= 11 is 0. The molecule has 1 aromatic rings. The van der Waals surface area contributed by atoms with Crippen molar-refractivity contribution in [2.24, 2.45) is 0 Å². The van der Waals surface area contributed by atoms with Gasteiger partial charge in [0, 0.05) is 18.2 Å². The van der Waals surface area contributed by atoms with Gasteiger partial charge in [-0.15, -0.1) is 0 Å².